The Morgan fingerprint density at radius 2 is 1.96 bits per heavy atom. The van der Waals surface area contributed by atoms with Crippen LogP contribution in [-0.4, -0.2) is 21.3 Å². The van der Waals surface area contributed by atoms with Crippen LogP contribution in [-0.2, 0) is 0 Å². The summed E-state index contributed by atoms with van der Waals surface area (Å²) in [6.07, 6.45) is 2.05. The smallest absolute Gasteiger partial charge is 0.330 e. The van der Waals surface area contributed by atoms with Crippen molar-refractivity contribution in [2.75, 3.05) is 0 Å². The molecule has 1 aliphatic carbocycles. The molecule has 0 saturated heterocycles. The Labute approximate surface area is 134 Å². The number of hydrogen-bond acceptors (Lipinski definition) is 2. The van der Waals surface area contributed by atoms with Gasteiger partial charge >= 0.3 is 5.69 Å². The Hall–Kier alpha value is -2.96. The molecule has 0 spiro atoms. The number of nitrogens with zero attached hydrogens (tertiary/aromatic N) is 1. The van der Waals surface area contributed by atoms with Crippen LogP contribution in [0.5, 0.6) is 0 Å². The molecule has 4 rings (SSSR count). The molecule has 0 unspecified atom stereocenters. The minimum Gasteiger partial charge on any atom is -0.347 e. The van der Waals surface area contributed by atoms with Gasteiger partial charge in [0.15, 0.2) is 0 Å². The van der Waals surface area contributed by atoms with Crippen LogP contribution in [0.1, 0.15) is 28.4 Å². The van der Waals surface area contributed by atoms with Crippen LogP contribution in [0.3, 0.4) is 0 Å². The van der Waals surface area contributed by atoms with Gasteiger partial charge in [-0.25, -0.2) is 13.6 Å². The van der Waals surface area contributed by atoms with Crippen molar-refractivity contribution in [1.82, 2.24) is 14.7 Å². The van der Waals surface area contributed by atoms with Gasteiger partial charge in [-0.3, -0.25) is 9.20 Å². The van der Waals surface area contributed by atoms with Gasteiger partial charge in [0.1, 0.15) is 17.3 Å². The van der Waals surface area contributed by atoms with Crippen molar-refractivity contribution in [2.24, 2.45) is 0 Å². The maximum atomic E-state index is 13.8. The first-order chi connectivity index (χ1) is 11.5. The van der Waals surface area contributed by atoms with E-state index in [-0.39, 0.29) is 23.2 Å². The summed E-state index contributed by atoms with van der Waals surface area (Å²) in [7, 11) is 0. The van der Waals surface area contributed by atoms with Crippen LogP contribution in [0, 0.1) is 11.6 Å². The lowest BCUT2D eigenvalue weighted by Gasteiger charge is -2.07. The van der Waals surface area contributed by atoms with Crippen molar-refractivity contribution in [3.8, 4) is 0 Å². The van der Waals surface area contributed by atoms with E-state index in [1.807, 2.05) is 0 Å². The van der Waals surface area contributed by atoms with E-state index in [4.69, 9.17) is 0 Å². The molecule has 2 aromatic heterocycles. The van der Waals surface area contributed by atoms with Gasteiger partial charge in [-0.05, 0) is 36.8 Å². The van der Waals surface area contributed by atoms with Gasteiger partial charge < -0.3 is 10.3 Å². The summed E-state index contributed by atoms with van der Waals surface area (Å²) < 4.78 is 28.9. The Morgan fingerprint density at radius 1 is 1.21 bits per heavy atom. The monoisotopic (exact) mass is 329 g/mol. The average molecular weight is 329 g/mol. The predicted molar refractivity (Wildman–Crippen MR) is 83.0 cm³/mol. The second kappa shape index (κ2) is 5.30. The topological polar surface area (TPSA) is 66.4 Å². The first kappa shape index (κ1) is 14.6. The molecule has 7 heteroatoms. The predicted octanol–water partition coefficient (Wildman–Crippen LogP) is 2.19. The maximum Gasteiger partial charge on any atom is 0.330 e. The summed E-state index contributed by atoms with van der Waals surface area (Å²) in [6, 6.07) is 8.32. The number of carbonyl (C=O) groups excluding carboxylic acids is 1. The molecular formula is C17H13F2N3O2. The molecule has 3 aromatic rings. The zero-order chi connectivity index (χ0) is 16.8. The van der Waals surface area contributed by atoms with Crippen molar-refractivity contribution >= 4 is 11.4 Å². The van der Waals surface area contributed by atoms with Crippen LogP contribution in [0.4, 0.5) is 8.78 Å². The van der Waals surface area contributed by atoms with E-state index in [0.29, 0.717) is 11.9 Å². The van der Waals surface area contributed by atoms with Crippen molar-refractivity contribution in [3.63, 3.8) is 0 Å². The van der Waals surface area contributed by atoms with Gasteiger partial charge in [-0.1, -0.05) is 6.07 Å². The Morgan fingerprint density at radius 3 is 2.71 bits per heavy atom. The minimum atomic E-state index is -0.611. The fourth-order valence-electron chi connectivity index (χ4n) is 2.96. The molecule has 0 bridgehead atoms. The molecule has 2 N–H and O–H groups in total. The SMILES string of the molecule is O=C(N[C@@H]1C[C@H]1c1c(F)cccc1F)c1cc2cccn2c(=O)[nH]1. The van der Waals surface area contributed by atoms with E-state index < -0.39 is 23.2 Å². The Balaban J connectivity index is 1.54. The molecule has 2 heterocycles. The van der Waals surface area contributed by atoms with E-state index in [1.54, 1.807) is 24.4 Å². The number of H-pyrrole nitrogens is 1. The first-order valence-electron chi connectivity index (χ1n) is 7.50. The number of aromatic nitrogens is 2. The molecular weight excluding hydrogens is 316 g/mol. The molecule has 1 aromatic carbocycles. The molecule has 1 fully saturated rings. The van der Waals surface area contributed by atoms with Crippen molar-refractivity contribution in [2.45, 2.75) is 18.4 Å². The average Bonchev–Trinajstić information content (AvgIpc) is 3.09. The number of fused-ring (bicyclic) bond motifs is 1. The molecule has 1 aliphatic rings. The molecule has 0 aliphatic heterocycles. The number of benzene rings is 1. The Kier molecular flexibility index (Phi) is 3.23. The number of aromatic amines is 1. The lowest BCUT2D eigenvalue weighted by Crippen LogP contribution is -2.30. The number of halogens is 2. The third-order valence-corrected chi connectivity index (χ3v) is 4.25. The number of amides is 1. The molecule has 122 valence electrons. The van der Waals surface area contributed by atoms with Crippen LogP contribution in [0.25, 0.3) is 5.52 Å². The molecule has 2 atom stereocenters. The fraction of sp³-hybridized carbons (Fsp3) is 0.176. The summed E-state index contributed by atoms with van der Waals surface area (Å²) >= 11 is 0. The highest BCUT2D eigenvalue weighted by molar-refractivity contribution is 5.93. The molecule has 1 saturated carbocycles. The van der Waals surface area contributed by atoms with Gasteiger partial charge in [0, 0.05) is 23.7 Å². The highest BCUT2D eigenvalue weighted by Gasteiger charge is 2.42. The van der Waals surface area contributed by atoms with Gasteiger partial charge in [0.25, 0.3) is 5.91 Å². The summed E-state index contributed by atoms with van der Waals surface area (Å²) in [6.45, 7) is 0. The lowest BCUT2D eigenvalue weighted by molar-refractivity contribution is 0.0944. The maximum absolute atomic E-state index is 13.8. The summed E-state index contributed by atoms with van der Waals surface area (Å²) in [4.78, 5) is 26.6. The van der Waals surface area contributed by atoms with Gasteiger partial charge in [0.05, 0.1) is 5.52 Å². The number of carbonyl (C=O) groups is 1. The van der Waals surface area contributed by atoms with Crippen LogP contribution in [0.2, 0.25) is 0 Å². The second-order valence-electron chi connectivity index (χ2n) is 5.85. The molecule has 24 heavy (non-hydrogen) atoms. The lowest BCUT2D eigenvalue weighted by atomic mass is 10.1. The van der Waals surface area contributed by atoms with Gasteiger partial charge in [0.2, 0.25) is 0 Å². The summed E-state index contributed by atoms with van der Waals surface area (Å²) in [5.41, 5.74) is 0.288. The zero-order valence-corrected chi connectivity index (χ0v) is 12.4. The van der Waals surface area contributed by atoms with Crippen molar-refractivity contribution in [1.29, 1.82) is 0 Å². The third kappa shape index (κ3) is 2.38. The van der Waals surface area contributed by atoms with E-state index in [1.165, 1.54) is 22.6 Å². The van der Waals surface area contributed by atoms with E-state index in [0.717, 1.165) is 0 Å². The first-order valence-corrected chi connectivity index (χ1v) is 7.50. The highest BCUT2D eigenvalue weighted by Crippen LogP contribution is 2.43. The Bertz CT molecular complexity index is 988. The van der Waals surface area contributed by atoms with Crippen molar-refractivity contribution in [3.05, 3.63) is 76.0 Å². The van der Waals surface area contributed by atoms with Crippen LogP contribution in [0.15, 0.2) is 47.4 Å². The molecule has 0 radical (unpaired) electrons. The van der Waals surface area contributed by atoms with E-state index in [9.17, 15) is 18.4 Å². The van der Waals surface area contributed by atoms with E-state index in [2.05, 4.69) is 10.3 Å². The largest absolute Gasteiger partial charge is 0.347 e. The van der Waals surface area contributed by atoms with Crippen LogP contribution >= 0.6 is 0 Å². The number of nitrogens with one attached hydrogen (secondary N) is 2. The number of rotatable bonds is 3. The standard InChI is InChI=1S/C17H13F2N3O2/c18-11-4-1-5-12(19)15(11)10-8-13(10)20-16(23)14-7-9-3-2-6-22(9)17(24)21-14/h1-7,10,13H,8H2,(H,20,23)(H,21,24)/t10-,13-/m1/s1. The van der Waals surface area contributed by atoms with Gasteiger partial charge in [-0.15, -0.1) is 0 Å². The third-order valence-electron chi connectivity index (χ3n) is 4.25. The van der Waals surface area contributed by atoms with E-state index >= 15 is 0 Å². The summed E-state index contributed by atoms with van der Waals surface area (Å²) in [5, 5.41) is 2.71. The minimum absolute atomic E-state index is 0.00154. The number of hydrogen-bond donors (Lipinski definition) is 2. The molecule has 1 amide bonds. The molecule has 5 nitrogen and oxygen atoms in total. The quantitative estimate of drug-likeness (QED) is 0.773. The normalized spacial score (nSPS) is 19.4. The van der Waals surface area contributed by atoms with Gasteiger partial charge in [-0.2, -0.15) is 0 Å². The highest BCUT2D eigenvalue weighted by atomic mass is 19.1. The van der Waals surface area contributed by atoms with Crippen LogP contribution < -0.4 is 11.0 Å². The van der Waals surface area contributed by atoms with Crippen molar-refractivity contribution < 1.29 is 13.6 Å². The fourth-order valence-corrected chi connectivity index (χ4v) is 2.96. The zero-order valence-electron chi connectivity index (χ0n) is 12.4. The summed E-state index contributed by atoms with van der Waals surface area (Å²) in [5.74, 6) is -2.08. The second-order valence-corrected chi connectivity index (χ2v) is 5.85.